The number of halogens is 1. The Balaban J connectivity index is 1.63. The minimum absolute atomic E-state index is 0.105. The van der Waals surface area contributed by atoms with Crippen molar-refractivity contribution in [2.45, 2.75) is 20.4 Å². The molecule has 4 aromatic rings. The van der Waals surface area contributed by atoms with Crippen LogP contribution in [0.25, 0.3) is 15.9 Å². The third-order valence-electron chi connectivity index (χ3n) is 4.41. The molecule has 27 heavy (non-hydrogen) atoms. The summed E-state index contributed by atoms with van der Waals surface area (Å²) >= 11 is 7.61. The summed E-state index contributed by atoms with van der Waals surface area (Å²) < 4.78 is 1.91. The number of hydrogen-bond donors (Lipinski definition) is 1. The SMILES string of the molecule is Cc1cccc(-n2nc(C)c3cc(C(=O)NCc4ccccc4Cl)sc32)c1. The van der Waals surface area contributed by atoms with Gasteiger partial charge in [0.1, 0.15) is 4.83 Å². The van der Waals surface area contributed by atoms with Crippen LogP contribution >= 0.6 is 22.9 Å². The molecule has 4 nitrogen and oxygen atoms in total. The van der Waals surface area contributed by atoms with Gasteiger partial charge in [-0.25, -0.2) is 4.68 Å². The molecule has 0 unspecified atom stereocenters. The molecule has 1 N–H and O–H groups in total. The molecule has 2 heterocycles. The molecule has 1 amide bonds. The van der Waals surface area contributed by atoms with Crippen LogP contribution in [0.5, 0.6) is 0 Å². The highest BCUT2D eigenvalue weighted by molar-refractivity contribution is 7.20. The molecule has 0 aliphatic heterocycles. The number of carbonyl (C=O) groups is 1. The van der Waals surface area contributed by atoms with Crippen molar-refractivity contribution >= 4 is 39.1 Å². The quantitative estimate of drug-likeness (QED) is 0.510. The molecule has 0 aliphatic carbocycles. The molecule has 0 saturated carbocycles. The summed E-state index contributed by atoms with van der Waals surface area (Å²) in [6, 6.07) is 17.6. The van der Waals surface area contributed by atoms with Crippen molar-refractivity contribution < 1.29 is 4.79 Å². The van der Waals surface area contributed by atoms with Crippen molar-refractivity contribution in [2.75, 3.05) is 0 Å². The zero-order valence-corrected chi connectivity index (χ0v) is 16.6. The highest BCUT2D eigenvalue weighted by Crippen LogP contribution is 2.30. The first-order valence-corrected chi connectivity index (χ1v) is 9.80. The predicted molar refractivity (Wildman–Crippen MR) is 111 cm³/mol. The number of nitrogens with zero attached hydrogens (tertiary/aromatic N) is 2. The number of nitrogens with one attached hydrogen (secondary N) is 1. The maximum atomic E-state index is 12.6. The highest BCUT2D eigenvalue weighted by Gasteiger charge is 2.17. The monoisotopic (exact) mass is 395 g/mol. The molecule has 0 aliphatic rings. The van der Waals surface area contributed by atoms with Crippen LogP contribution in [0, 0.1) is 13.8 Å². The third kappa shape index (κ3) is 3.48. The maximum absolute atomic E-state index is 12.6. The smallest absolute Gasteiger partial charge is 0.261 e. The lowest BCUT2D eigenvalue weighted by Crippen LogP contribution is -2.21. The number of thiophene rings is 1. The summed E-state index contributed by atoms with van der Waals surface area (Å²) in [5.41, 5.74) is 3.98. The van der Waals surface area contributed by atoms with Crippen LogP contribution in [0.2, 0.25) is 5.02 Å². The van der Waals surface area contributed by atoms with Crippen molar-refractivity contribution in [2.24, 2.45) is 0 Å². The van der Waals surface area contributed by atoms with Gasteiger partial charge in [0.05, 0.1) is 16.3 Å². The van der Waals surface area contributed by atoms with Crippen molar-refractivity contribution in [3.8, 4) is 5.69 Å². The Morgan fingerprint density at radius 1 is 1.15 bits per heavy atom. The number of hydrogen-bond acceptors (Lipinski definition) is 3. The van der Waals surface area contributed by atoms with Crippen molar-refractivity contribution in [3.63, 3.8) is 0 Å². The Morgan fingerprint density at radius 3 is 2.74 bits per heavy atom. The van der Waals surface area contributed by atoms with Crippen molar-refractivity contribution in [1.82, 2.24) is 15.1 Å². The minimum atomic E-state index is -0.105. The van der Waals surface area contributed by atoms with E-state index in [1.807, 2.05) is 54.1 Å². The topological polar surface area (TPSA) is 46.9 Å². The highest BCUT2D eigenvalue weighted by atomic mass is 35.5. The molecule has 0 spiro atoms. The fourth-order valence-corrected chi connectivity index (χ4v) is 4.30. The largest absolute Gasteiger partial charge is 0.347 e. The normalized spacial score (nSPS) is 11.1. The van der Waals surface area contributed by atoms with Crippen LogP contribution in [0.1, 0.15) is 26.5 Å². The van der Waals surface area contributed by atoms with Crippen molar-refractivity contribution in [1.29, 1.82) is 0 Å². The van der Waals surface area contributed by atoms with E-state index in [9.17, 15) is 4.79 Å². The summed E-state index contributed by atoms with van der Waals surface area (Å²) in [6.07, 6.45) is 0. The maximum Gasteiger partial charge on any atom is 0.261 e. The molecule has 2 aromatic carbocycles. The number of aryl methyl sites for hydroxylation is 2. The van der Waals surface area contributed by atoms with E-state index in [-0.39, 0.29) is 5.91 Å². The van der Waals surface area contributed by atoms with E-state index >= 15 is 0 Å². The fourth-order valence-electron chi connectivity index (χ4n) is 3.00. The van der Waals surface area contributed by atoms with Crippen LogP contribution in [0.3, 0.4) is 0 Å². The summed E-state index contributed by atoms with van der Waals surface area (Å²) in [5.74, 6) is -0.105. The molecular weight excluding hydrogens is 378 g/mol. The fraction of sp³-hybridized carbons (Fsp3) is 0.143. The van der Waals surface area contributed by atoms with E-state index in [1.165, 1.54) is 16.9 Å². The molecule has 0 atom stereocenters. The number of benzene rings is 2. The van der Waals surface area contributed by atoms with Gasteiger partial charge < -0.3 is 5.32 Å². The lowest BCUT2D eigenvalue weighted by atomic mass is 10.2. The van der Waals surface area contributed by atoms with Gasteiger partial charge in [0.2, 0.25) is 0 Å². The molecule has 6 heteroatoms. The van der Waals surface area contributed by atoms with Gasteiger partial charge in [0.25, 0.3) is 5.91 Å². The zero-order valence-electron chi connectivity index (χ0n) is 15.0. The first-order valence-electron chi connectivity index (χ1n) is 8.61. The van der Waals surface area contributed by atoms with E-state index < -0.39 is 0 Å². The van der Waals surface area contributed by atoms with E-state index in [0.717, 1.165) is 27.2 Å². The van der Waals surface area contributed by atoms with Gasteiger partial charge in [-0.2, -0.15) is 5.10 Å². The van der Waals surface area contributed by atoms with Crippen LogP contribution in [-0.4, -0.2) is 15.7 Å². The van der Waals surface area contributed by atoms with E-state index in [1.54, 1.807) is 0 Å². The molecule has 0 radical (unpaired) electrons. The number of fused-ring (bicyclic) bond motifs is 1. The lowest BCUT2D eigenvalue weighted by molar-refractivity contribution is 0.0955. The molecule has 0 saturated heterocycles. The first kappa shape index (κ1) is 17.8. The Bertz CT molecular complexity index is 1150. The minimum Gasteiger partial charge on any atom is -0.347 e. The number of amides is 1. The predicted octanol–water partition coefficient (Wildman–Crippen LogP) is 5.29. The molecule has 136 valence electrons. The second kappa shape index (κ2) is 7.18. The van der Waals surface area contributed by atoms with Gasteiger partial charge in [-0.3, -0.25) is 4.79 Å². The second-order valence-electron chi connectivity index (χ2n) is 6.44. The average molecular weight is 396 g/mol. The average Bonchev–Trinajstić information content (AvgIpc) is 3.22. The van der Waals surface area contributed by atoms with Crippen LogP contribution < -0.4 is 5.32 Å². The number of aromatic nitrogens is 2. The summed E-state index contributed by atoms with van der Waals surface area (Å²) in [7, 11) is 0. The van der Waals surface area contributed by atoms with Gasteiger partial charge >= 0.3 is 0 Å². The van der Waals surface area contributed by atoms with Crippen molar-refractivity contribution in [3.05, 3.63) is 81.3 Å². The Hall–Kier alpha value is -2.63. The van der Waals surface area contributed by atoms with Crippen LogP contribution in [0.4, 0.5) is 0 Å². The second-order valence-corrected chi connectivity index (χ2v) is 7.88. The van der Waals surface area contributed by atoms with E-state index in [4.69, 9.17) is 11.6 Å². The van der Waals surface area contributed by atoms with E-state index in [2.05, 4.69) is 29.5 Å². The van der Waals surface area contributed by atoms with Crippen LogP contribution in [-0.2, 0) is 6.54 Å². The van der Waals surface area contributed by atoms with Gasteiger partial charge in [0.15, 0.2) is 0 Å². The van der Waals surface area contributed by atoms with E-state index in [0.29, 0.717) is 16.4 Å². The third-order valence-corrected chi connectivity index (χ3v) is 5.89. The Kier molecular flexibility index (Phi) is 4.72. The van der Waals surface area contributed by atoms with Gasteiger partial charge in [-0.05, 0) is 49.2 Å². The Morgan fingerprint density at radius 2 is 1.96 bits per heavy atom. The molecule has 2 aromatic heterocycles. The van der Waals surface area contributed by atoms with Crippen LogP contribution in [0.15, 0.2) is 54.6 Å². The summed E-state index contributed by atoms with van der Waals surface area (Å²) in [6.45, 7) is 4.42. The molecule has 4 rings (SSSR count). The zero-order chi connectivity index (χ0) is 19.0. The lowest BCUT2D eigenvalue weighted by Gasteiger charge is -2.06. The summed E-state index contributed by atoms with van der Waals surface area (Å²) in [4.78, 5) is 14.3. The van der Waals surface area contributed by atoms with Gasteiger partial charge in [0, 0.05) is 17.0 Å². The number of rotatable bonds is 4. The van der Waals surface area contributed by atoms with Gasteiger partial charge in [-0.1, -0.05) is 41.9 Å². The van der Waals surface area contributed by atoms with Gasteiger partial charge in [-0.15, -0.1) is 11.3 Å². The first-order chi connectivity index (χ1) is 13.0. The standard InChI is InChI=1S/C21H18ClN3OS/c1-13-6-5-8-16(10-13)25-21-17(14(2)24-25)11-19(27-21)20(26)23-12-15-7-3-4-9-18(15)22/h3-11H,12H2,1-2H3,(H,23,26). The molecule has 0 bridgehead atoms. The molecule has 0 fully saturated rings. The number of carbonyl (C=O) groups excluding carboxylic acids is 1. The summed E-state index contributed by atoms with van der Waals surface area (Å²) in [5, 5.41) is 9.25. The Labute approximate surface area is 166 Å². The molecular formula is C21H18ClN3OS.